The van der Waals surface area contributed by atoms with Crippen LogP contribution in [0.3, 0.4) is 0 Å². The maximum atomic E-state index is 4.22. The van der Waals surface area contributed by atoms with Crippen molar-refractivity contribution >= 4 is 0 Å². The fourth-order valence-electron chi connectivity index (χ4n) is 2.87. The van der Waals surface area contributed by atoms with Crippen LogP contribution in [-0.2, 0) is 6.54 Å². The minimum Gasteiger partial charge on any atom is -0.313 e. The summed E-state index contributed by atoms with van der Waals surface area (Å²) in [5.41, 5.74) is 1.35. The van der Waals surface area contributed by atoms with E-state index in [0.717, 1.165) is 12.6 Å². The fourth-order valence-corrected chi connectivity index (χ4v) is 2.87. The Kier molecular flexibility index (Phi) is 3.91. The van der Waals surface area contributed by atoms with Gasteiger partial charge in [0.25, 0.3) is 0 Å². The number of nitrogens with zero attached hydrogens (tertiary/aromatic N) is 2. The molecule has 1 aromatic heterocycles. The highest BCUT2D eigenvalue weighted by molar-refractivity contribution is 5.09. The molecule has 18 heavy (non-hydrogen) atoms. The summed E-state index contributed by atoms with van der Waals surface area (Å²) >= 11 is 0. The standard InChI is InChI=1S/C15H23N3/c1-2-9-17-14(5-1)12-18(15-6-7-15)11-13-4-3-8-16-10-13/h3-4,8,10,14-15,17H,1-2,5-7,9,11-12H2. The zero-order valence-corrected chi connectivity index (χ0v) is 11.0. The van der Waals surface area contributed by atoms with E-state index in [2.05, 4.69) is 21.3 Å². The second-order valence-corrected chi connectivity index (χ2v) is 5.67. The van der Waals surface area contributed by atoms with Crippen molar-refractivity contribution in [3.63, 3.8) is 0 Å². The molecule has 2 heterocycles. The summed E-state index contributed by atoms with van der Waals surface area (Å²) in [6.45, 7) is 3.48. The molecule has 1 atom stereocenters. The van der Waals surface area contributed by atoms with Crippen molar-refractivity contribution in [3.05, 3.63) is 30.1 Å². The minimum absolute atomic E-state index is 0.705. The van der Waals surface area contributed by atoms with Gasteiger partial charge in [-0.25, -0.2) is 0 Å². The quantitative estimate of drug-likeness (QED) is 0.862. The van der Waals surface area contributed by atoms with Crippen LogP contribution in [0.2, 0.25) is 0 Å². The van der Waals surface area contributed by atoms with Crippen LogP contribution < -0.4 is 5.32 Å². The van der Waals surface area contributed by atoms with Crippen molar-refractivity contribution in [2.45, 2.75) is 50.7 Å². The summed E-state index contributed by atoms with van der Waals surface area (Å²) in [6, 6.07) is 5.76. The average Bonchev–Trinajstić information content (AvgIpc) is 3.25. The molecule has 98 valence electrons. The van der Waals surface area contributed by atoms with E-state index in [1.165, 1.54) is 50.8 Å². The molecule has 1 aliphatic heterocycles. The maximum Gasteiger partial charge on any atom is 0.0312 e. The first-order valence-electron chi connectivity index (χ1n) is 7.28. The Labute approximate surface area is 110 Å². The van der Waals surface area contributed by atoms with Crippen LogP contribution in [0.4, 0.5) is 0 Å². The highest BCUT2D eigenvalue weighted by atomic mass is 15.2. The summed E-state index contributed by atoms with van der Waals surface area (Å²) in [7, 11) is 0. The van der Waals surface area contributed by atoms with Crippen molar-refractivity contribution in [2.75, 3.05) is 13.1 Å². The normalized spacial score (nSPS) is 24.4. The number of pyridine rings is 1. The van der Waals surface area contributed by atoms with Gasteiger partial charge in [-0.05, 0) is 43.9 Å². The predicted molar refractivity (Wildman–Crippen MR) is 73.3 cm³/mol. The SMILES string of the molecule is c1cncc(CN(CC2CCCCN2)C2CC2)c1. The zero-order valence-electron chi connectivity index (χ0n) is 11.0. The summed E-state index contributed by atoms with van der Waals surface area (Å²) in [4.78, 5) is 6.87. The molecule has 3 nitrogen and oxygen atoms in total. The molecule has 1 aliphatic carbocycles. The van der Waals surface area contributed by atoms with Crippen molar-refractivity contribution in [2.24, 2.45) is 0 Å². The van der Waals surface area contributed by atoms with E-state index in [9.17, 15) is 0 Å². The lowest BCUT2D eigenvalue weighted by Crippen LogP contribution is -2.44. The third-order valence-electron chi connectivity index (χ3n) is 4.04. The Hall–Kier alpha value is -0.930. The molecule has 0 bridgehead atoms. The van der Waals surface area contributed by atoms with Crippen LogP contribution >= 0.6 is 0 Å². The second kappa shape index (κ2) is 5.81. The van der Waals surface area contributed by atoms with Crippen LogP contribution in [0.15, 0.2) is 24.5 Å². The third kappa shape index (κ3) is 3.30. The summed E-state index contributed by atoms with van der Waals surface area (Å²) in [5, 5.41) is 3.66. The summed E-state index contributed by atoms with van der Waals surface area (Å²) < 4.78 is 0. The van der Waals surface area contributed by atoms with E-state index in [-0.39, 0.29) is 0 Å². The van der Waals surface area contributed by atoms with Gasteiger partial charge in [0.05, 0.1) is 0 Å². The predicted octanol–water partition coefficient (Wildman–Crippen LogP) is 2.19. The molecule has 0 aromatic carbocycles. The van der Waals surface area contributed by atoms with Crippen LogP contribution in [0.25, 0.3) is 0 Å². The zero-order chi connectivity index (χ0) is 12.2. The molecule has 1 saturated heterocycles. The van der Waals surface area contributed by atoms with Crippen LogP contribution in [0.5, 0.6) is 0 Å². The highest BCUT2D eigenvalue weighted by Gasteiger charge is 2.30. The van der Waals surface area contributed by atoms with Crippen LogP contribution in [-0.4, -0.2) is 35.1 Å². The third-order valence-corrected chi connectivity index (χ3v) is 4.04. The van der Waals surface area contributed by atoms with E-state index >= 15 is 0 Å². The van der Waals surface area contributed by atoms with Gasteiger partial charge in [-0.2, -0.15) is 0 Å². The van der Waals surface area contributed by atoms with E-state index < -0.39 is 0 Å². The smallest absolute Gasteiger partial charge is 0.0312 e. The molecular weight excluding hydrogens is 222 g/mol. The second-order valence-electron chi connectivity index (χ2n) is 5.67. The topological polar surface area (TPSA) is 28.2 Å². The van der Waals surface area contributed by atoms with Crippen molar-refractivity contribution < 1.29 is 0 Å². The Morgan fingerprint density at radius 3 is 2.89 bits per heavy atom. The number of aromatic nitrogens is 1. The van der Waals surface area contributed by atoms with Gasteiger partial charge in [-0.3, -0.25) is 9.88 Å². The monoisotopic (exact) mass is 245 g/mol. The van der Waals surface area contributed by atoms with Gasteiger partial charge in [-0.15, -0.1) is 0 Å². The van der Waals surface area contributed by atoms with E-state index in [4.69, 9.17) is 0 Å². The number of rotatable bonds is 5. The van der Waals surface area contributed by atoms with E-state index in [1.807, 2.05) is 18.5 Å². The fraction of sp³-hybridized carbons (Fsp3) is 0.667. The largest absolute Gasteiger partial charge is 0.313 e. The lowest BCUT2D eigenvalue weighted by Gasteiger charge is -2.30. The molecule has 0 amide bonds. The van der Waals surface area contributed by atoms with E-state index in [0.29, 0.717) is 6.04 Å². The molecule has 3 rings (SSSR count). The molecule has 0 radical (unpaired) electrons. The Morgan fingerprint density at radius 1 is 1.28 bits per heavy atom. The Bertz CT molecular complexity index is 355. The van der Waals surface area contributed by atoms with Crippen molar-refractivity contribution in [1.29, 1.82) is 0 Å². The Balaban J connectivity index is 1.58. The minimum atomic E-state index is 0.705. The van der Waals surface area contributed by atoms with Crippen LogP contribution in [0.1, 0.15) is 37.7 Å². The van der Waals surface area contributed by atoms with Gasteiger partial charge < -0.3 is 5.32 Å². The number of hydrogen-bond acceptors (Lipinski definition) is 3. The molecule has 2 aliphatic rings. The van der Waals surface area contributed by atoms with Gasteiger partial charge in [0.1, 0.15) is 0 Å². The highest BCUT2D eigenvalue weighted by Crippen LogP contribution is 2.29. The lowest BCUT2D eigenvalue weighted by atomic mass is 10.0. The average molecular weight is 245 g/mol. The first-order valence-corrected chi connectivity index (χ1v) is 7.28. The molecular formula is C15H23N3. The van der Waals surface area contributed by atoms with Gasteiger partial charge in [0.15, 0.2) is 0 Å². The molecule has 2 fully saturated rings. The molecule has 3 heteroatoms. The summed E-state index contributed by atoms with van der Waals surface area (Å²) in [5.74, 6) is 0. The molecule has 1 N–H and O–H groups in total. The number of nitrogens with one attached hydrogen (secondary N) is 1. The van der Waals surface area contributed by atoms with Gasteiger partial charge in [0.2, 0.25) is 0 Å². The summed E-state index contributed by atoms with van der Waals surface area (Å²) in [6.07, 6.45) is 10.7. The van der Waals surface area contributed by atoms with Gasteiger partial charge >= 0.3 is 0 Å². The molecule has 1 unspecified atom stereocenters. The number of hydrogen-bond donors (Lipinski definition) is 1. The molecule has 1 saturated carbocycles. The maximum absolute atomic E-state index is 4.22. The molecule has 1 aromatic rings. The first kappa shape index (κ1) is 12.1. The van der Waals surface area contributed by atoms with Crippen LogP contribution in [0, 0.1) is 0 Å². The van der Waals surface area contributed by atoms with Crippen molar-refractivity contribution in [3.8, 4) is 0 Å². The van der Waals surface area contributed by atoms with Crippen molar-refractivity contribution in [1.82, 2.24) is 15.2 Å². The van der Waals surface area contributed by atoms with E-state index in [1.54, 1.807) is 0 Å². The number of piperidine rings is 1. The Morgan fingerprint density at radius 2 is 2.22 bits per heavy atom. The lowest BCUT2D eigenvalue weighted by molar-refractivity contribution is 0.208. The molecule has 0 spiro atoms. The van der Waals surface area contributed by atoms with Gasteiger partial charge in [0, 0.05) is 37.6 Å². The first-order chi connectivity index (χ1) is 8.92. The van der Waals surface area contributed by atoms with Gasteiger partial charge in [-0.1, -0.05) is 12.5 Å².